The van der Waals surface area contributed by atoms with E-state index >= 15 is 0 Å². The molecule has 0 bridgehead atoms. The van der Waals surface area contributed by atoms with Crippen molar-refractivity contribution in [3.63, 3.8) is 0 Å². The summed E-state index contributed by atoms with van der Waals surface area (Å²) in [5.74, 6) is -2.03. The first kappa shape index (κ1) is 25.9. The molecule has 1 heterocycles. The summed E-state index contributed by atoms with van der Waals surface area (Å²) in [5, 5.41) is 15.6. The highest BCUT2D eigenvalue weighted by molar-refractivity contribution is 6.31. The highest BCUT2D eigenvalue weighted by atomic mass is 35.5. The highest BCUT2D eigenvalue weighted by Crippen LogP contribution is 2.45. The van der Waals surface area contributed by atoms with Gasteiger partial charge in [0.15, 0.2) is 11.6 Å². The number of nitrogens with one attached hydrogen (secondary N) is 2. The molecule has 1 saturated heterocycles. The van der Waals surface area contributed by atoms with E-state index in [2.05, 4.69) is 15.4 Å². The highest BCUT2D eigenvalue weighted by Gasteiger charge is 2.60. The van der Waals surface area contributed by atoms with Gasteiger partial charge in [0.05, 0.1) is 24.8 Å². The van der Waals surface area contributed by atoms with Crippen LogP contribution in [0.3, 0.4) is 0 Å². The minimum absolute atomic E-state index is 0.0405. The SMILES string of the molecule is COC[C@@](O)([C@@H](NC1CC(F)CC2NC(=O)CCC21)c1ccc(OC)c(F)c1Cl)C(F)(F)F. The Morgan fingerprint density at radius 3 is 2.61 bits per heavy atom. The molecule has 1 aliphatic carbocycles. The Morgan fingerprint density at radius 2 is 2.00 bits per heavy atom. The molecule has 1 aromatic carbocycles. The first-order valence-corrected chi connectivity index (χ1v) is 10.8. The molecule has 3 rings (SSSR count). The molecule has 6 nitrogen and oxygen atoms in total. The van der Waals surface area contributed by atoms with Gasteiger partial charge in [-0.1, -0.05) is 17.7 Å². The van der Waals surface area contributed by atoms with E-state index in [1.165, 1.54) is 7.11 Å². The summed E-state index contributed by atoms with van der Waals surface area (Å²) in [6.45, 7) is -1.19. The van der Waals surface area contributed by atoms with Crippen LogP contribution in [0.15, 0.2) is 12.1 Å². The molecule has 33 heavy (non-hydrogen) atoms. The lowest BCUT2D eigenvalue weighted by atomic mass is 9.74. The molecule has 1 aliphatic heterocycles. The van der Waals surface area contributed by atoms with Crippen molar-refractivity contribution in [1.82, 2.24) is 10.6 Å². The second-order valence-corrected chi connectivity index (χ2v) is 8.87. The van der Waals surface area contributed by atoms with Gasteiger partial charge in [-0.15, -0.1) is 0 Å². The van der Waals surface area contributed by atoms with E-state index < -0.39 is 53.5 Å². The lowest BCUT2D eigenvalue weighted by Gasteiger charge is -2.47. The third kappa shape index (κ3) is 5.06. The topological polar surface area (TPSA) is 79.8 Å². The molecule has 0 radical (unpaired) electrons. The first-order valence-electron chi connectivity index (χ1n) is 10.4. The quantitative estimate of drug-likeness (QED) is 0.500. The van der Waals surface area contributed by atoms with Crippen LogP contribution in [-0.4, -0.2) is 61.9 Å². The summed E-state index contributed by atoms with van der Waals surface area (Å²) >= 11 is 6.09. The maximum Gasteiger partial charge on any atom is 0.421 e. The lowest BCUT2D eigenvalue weighted by Crippen LogP contribution is -2.63. The largest absolute Gasteiger partial charge is 0.494 e. The molecule has 1 amide bonds. The fourth-order valence-corrected chi connectivity index (χ4v) is 5.05. The van der Waals surface area contributed by atoms with Crippen molar-refractivity contribution in [2.45, 2.75) is 61.8 Å². The van der Waals surface area contributed by atoms with Gasteiger partial charge in [-0.05, 0) is 36.8 Å². The van der Waals surface area contributed by atoms with Crippen molar-refractivity contribution in [2.24, 2.45) is 5.92 Å². The Balaban J connectivity index is 2.08. The fraction of sp³-hybridized carbons (Fsp3) is 0.667. The average Bonchev–Trinajstić information content (AvgIpc) is 2.73. The number of amides is 1. The number of rotatable bonds is 7. The molecular weight excluding hydrogens is 475 g/mol. The normalized spacial score (nSPS) is 28.5. The Labute approximate surface area is 192 Å². The van der Waals surface area contributed by atoms with Crippen LogP contribution >= 0.6 is 11.6 Å². The minimum atomic E-state index is -5.22. The van der Waals surface area contributed by atoms with Crippen LogP contribution in [0.2, 0.25) is 5.02 Å². The number of aliphatic hydroxyl groups is 1. The van der Waals surface area contributed by atoms with Gasteiger partial charge >= 0.3 is 6.18 Å². The fourth-order valence-electron chi connectivity index (χ4n) is 4.79. The van der Waals surface area contributed by atoms with Crippen LogP contribution in [0.5, 0.6) is 5.75 Å². The van der Waals surface area contributed by atoms with Crippen molar-refractivity contribution < 1.29 is 41.3 Å². The Morgan fingerprint density at radius 1 is 1.30 bits per heavy atom. The van der Waals surface area contributed by atoms with Gasteiger partial charge in [0, 0.05) is 25.6 Å². The second kappa shape index (κ2) is 9.89. The van der Waals surface area contributed by atoms with Crippen LogP contribution in [0.25, 0.3) is 0 Å². The number of hydrogen-bond donors (Lipinski definition) is 3. The summed E-state index contributed by atoms with van der Waals surface area (Å²) < 4.78 is 81.1. The maximum atomic E-state index is 14.7. The standard InChI is InChI=1S/C21H26ClF5N2O4/c1-32-9-20(31,21(25,26)27)19(12-3-5-15(33-2)18(24)17(12)22)29-14-8-10(23)7-13-11(14)4-6-16(30)28-13/h3,5,10-11,13-14,19,29,31H,4,6-9H2,1-2H3,(H,28,30)/t10?,11?,13?,14?,19-,20+/m0/s1. The average molecular weight is 501 g/mol. The number of methoxy groups -OCH3 is 2. The molecule has 3 N–H and O–H groups in total. The molecule has 1 aromatic rings. The zero-order chi connectivity index (χ0) is 24.6. The summed E-state index contributed by atoms with van der Waals surface area (Å²) in [6, 6.07) is -1.23. The number of halogens is 6. The number of hydrogen-bond acceptors (Lipinski definition) is 5. The zero-order valence-corrected chi connectivity index (χ0v) is 18.8. The summed E-state index contributed by atoms with van der Waals surface area (Å²) in [5.41, 5.74) is -3.91. The predicted octanol–water partition coefficient (Wildman–Crippen LogP) is 3.45. The molecule has 0 aromatic heterocycles. The monoisotopic (exact) mass is 500 g/mol. The number of ether oxygens (including phenoxy) is 2. The van der Waals surface area contributed by atoms with Gasteiger partial charge in [-0.2, -0.15) is 13.2 Å². The number of carbonyl (C=O) groups is 1. The number of fused-ring (bicyclic) bond motifs is 1. The molecule has 2 aliphatic rings. The van der Waals surface area contributed by atoms with Crippen molar-refractivity contribution in [2.75, 3.05) is 20.8 Å². The third-order valence-electron chi connectivity index (χ3n) is 6.43. The molecule has 6 atom stereocenters. The van der Waals surface area contributed by atoms with Gasteiger partial charge in [-0.3, -0.25) is 4.79 Å². The zero-order valence-electron chi connectivity index (χ0n) is 18.0. The lowest BCUT2D eigenvalue weighted by molar-refractivity contribution is -0.286. The molecule has 0 spiro atoms. The van der Waals surface area contributed by atoms with Crippen LogP contribution in [0.4, 0.5) is 22.0 Å². The number of benzene rings is 1. The van der Waals surface area contributed by atoms with Crippen molar-refractivity contribution in [3.8, 4) is 5.75 Å². The Bertz CT molecular complexity index is 874. The number of carbonyl (C=O) groups excluding carboxylic acids is 1. The van der Waals surface area contributed by atoms with E-state index in [9.17, 15) is 31.9 Å². The van der Waals surface area contributed by atoms with Gasteiger partial charge in [0.25, 0.3) is 0 Å². The van der Waals surface area contributed by atoms with E-state index in [1.54, 1.807) is 0 Å². The van der Waals surface area contributed by atoms with Crippen LogP contribution in [0.1, 0.15) is 37.3 Å². The van der Waals surface area contributed by atoms with E-state index in [0.29, 0.717) is 6.42 Å². The smallest absolute Gasteiger partial charge is 0.421 e. The van der Waals surface area contributed by atoms with Gasteiger partial charge in [0.2, 0.25) is 11.5 Å². The van der Waals surface area contributed by atoms with Gasteiger partial charge in [0.1, 0.15) is 6.17 Å². The van der Waals surface area contributed by atoms with Gasteiger partial charge < -0.3 is 25.2 Å². The molecule has 186 valence electrons. The van der Waals surface area contributed by atoms with E-state index in [4.69, 9.17) is 16.3 Å². The van der Waals surface area contributed by atoms with Crippen LogP contribution in [-0.2, 0) is 9.53 Å². The van der Waals surface area contributed by atoms with Crippen molar-refractivity contribution >= 4 is 17.5 Å². The van der Waals surface area contributed by atoms with E-state index in [-0.39, 0.29) is 42.4 Å². The molecule has 2 fully saturated rings. The van der Waals surface area contributed by atoms with Crippen molar-refractivity contribution in [3.05, 3.63) is 28.5 Å². The summed E-state index contributed by atoms with van der Waals surface area (Å²) in [6.07, 6.45) is -6.26. The number of piperidine rings is 1. The maximum absolute atomic E-state index is 14.7. The molecule has 4 unspecified atom stereocenters. The van der Waals surface area contributed by atoms with Crippen LogP contribution in [0, 0.1) is 11.7 Å². The Kier molecular flexibility index (Phi) is 7.77. The molecular formula is C21H26ClF5N2O4. The van der Waals surface area contributed by atoms with Crippen molar-refractivity contribution in [1.29, 1.82) is 0 Å². The summed E-state index contributed by atoms with van der Waals surface area (Å²) in [4.78, 5) is 11.8. The predicted molar refractivity (Wildman–Crippen MR) is 109 cm³/mol. The van der Waals surface area contributed by atoms with E-state index in [1.807, 2.05) is 0 Å². The molecule has 1 saturated carbocycles. The van der Waals surface area contributed by atoms with E-state index in [0.717, 1.165) is 19.2 Å². The Hall–Kier alpha value is -1.69. The molecule has 12 heteroatoms. The van der Waals surface area contributed by atoms with Crippen LogP contribution < -0.4 is 15.4 Å². The third-order valence-corrected chi connectivity index (χ3v) is 6.81. The minimum Gasteiger partial charge on any atom is -0.494 e. The second-order valence-electron chi connectivity index (χ2n) is 8.49. The van der Waals surface area contributed by atoms with Gasteiger partial charge in [-0.25, -0.2) is 8.78 Å². The number of alkyl halides is 4. The first-order chi connectivity index (χ1) is 15.4. The summed E-state index contributed by atoms with van der Waals surface area (Å²) in [7, 11) is 2.15.